The van der Waals surface area contributed by atoms with Crippen LogP contribution in [-0.4, -0.2) is 21.0 Å². The number of nitrogens with zero attached hydrogens (tertiary/aromatic N) is 1. The molecule has 0 saturated carbocycles. The summed E-state index contributed by atoms with van der Waals surface area (Å²) < 4.78 is 27.3. The monoisotopic (exact) mass is 308 g/mol. The van der Waals surface area contributed by atoms with Crippen LogP contribution in [0.1, 0.15) is 10.4 Å². The fraction of sp³-hybridized carbons (Fsp3) is 0. The number of aromatic nitrogens is 2. The van der Waals surface area contributed by atoms with E-state index in [1.807, 2.05) is 0 Å². The Morgan fingerprint density at radius 1 is 1.24 bits per heavy atom. The van der Waals surface area contributed by atoms with Crippen molar-refractivity contribution in [1.29, 1.82) is 0 Å². The molecule has 0 fully saturated rings. The number of imidazole rings is 1. The van der Waals surface area contributed by atoms with E-state index < -0.39 is 17.6 Å². The van der Waals surface area contributed by atoms with Crippen LogP contribution in [0.2, 0.25) is 5.02 Å². The van der Waals surface area contributed by atoms with Crippen molar-refractivity contribution < 1.29 is 18.7 Å². The Hall–Kier alpha value is -2.47. The van der Waals surface area contributed by atoms with Gasteiger partial charge in [-0.3, -0.25) is 0 Å². The van der Waals surface area contributed by atoms with Crippen molar-refractivity contribution >= 4 is 28.6 Å². The summed E-state index contributed by atoms with van der Waals surface area (Å²) in [5, 5.41) is 9.29. The smallest absolute Gasteiger partial charge is 0.338 e. The van der Waals surface area contributed by atoms with Gasteiger partial charge in [0.05, 0.1) is 16.6 Å². The van der Waals surface area contributed by atoms with Gasteiger partial charge in [0.15, 0.2) is 0 Å². The summed E-state index contributed by atoms with van der Waals surface area (Å²) in [5.74, 6) is -2.54. The second kappa shape index (κ2) is 4.82. The molecule has 21 heavy (non-hydrogen) atoms. The minimum Gasteiger partial charge on any atom is -0.478 e. The number of hydrogen-bond donors (Lipinski definition) is 2. The van der Waals surface area contributed by atoms with Gasteiger partial charge in [-0.2, -0.15) is 0 Å². The quantitative estimate of drug-likeness (QED) is 0.755. The molecule has 0 aliphatic carbocycles. The molecule has 2 N–H and O–H groups in total. The molecule has 0 aliphatic rings. The molecule has 0 amide bonds. The van der Waals surface area contributed by atoms with Crippen LogP contribution in [0.5, 0.6) is 0 Å². The molecule has 4 nitrogen and oxygen atoms in total. The van der Waals surface area contributed by atoms with E-state index in [0.717, 1.165) is 18.2 Å². The SMILES string of the molecule is O=C(O)c1cc(F)cc2[nH]c(-c3ccc(Cl)cc3F)nc12. The first kappa shape index (κ1) is 13.5. The molecule has 0 bridgehead atoms. The molecule has 1 heterocycles. The number of nitrogens with one attached hydrogen (secondary N) is 1. The van der Waals surface area contributed by atoms with Gasteiger partial charge in [0.1, 0.15) is 23.0 Å². The number of fused-ring (bicyclic) bond motifs is 1. The predicted molar refractivity (Wildman–Crippen MR) is 73.4 cm³/mol. The number of hydrogen-bond acceptors (Lipinski definition) is 2. The zero-order valence-electron chi connectivity index (χ0n) is 10.3. The van der Waals surface area contributed by atoms with Gasteiger partial charge in [0.25, 0.3) is 0 Å². The maximum absolute atomic E-state index is 13.9. The lowest BCUT2D eigenvalue weighted by Gasteiger charge is -1.99. The van der Waals surface area contributed by atoms with Crippen molar-refractivity contribution in [3.8, 4) is 11.4 Å². The number of carboxylic acid groups (broad SMARTS) is 1. The minimum absolute atomic E-state index is 0.0632. The lowest BCUT2D eigenvalue weighted by molar-refractivity contribution is 0.0698. The van der Waals surface area contributed by atoms with Crippen LogP contribution in [0, 0.1) is 11.6 Å². The first-order chi connectivity index (χ1) is 9.95. The van der Waals surface area contributed by atoms with Crippen LogP contribution in [0.25, 0.3) is 22.4 Å². The molecule has 1 aromatic heterocycles. The van der Waals surface area contributed by atoms with Crippen molar-refractivity contribution in [2.45, 2.75) is 0 Å². The number of H-pyrrole nitrogens is 1. The number of aromatic amines is 1. The molecule has 0 unspecified atom stereocenters. The minimum atomic E-state index is -1.31. The lowest BCUT2D eigenvalue weighted by atomic mass is 10.2. The zero-order chi connectivity index (χ0) is 15.1. The molecule has 0 aliphatic heterocycles. The molecule has 3 aromatic rings. The number of carbonyl (C=O) groups is 1. The van der Waals surface area contributed by atoms with Crippen LogP contribution < -0.4 is 0 Å². The summed E-state index contributed by atoms with van der Waals surface area (Å²) >= 11 is 5.67. The van der Waals surface area contributed by atoms with E-state index >= 15 is 0 Å². The normalized spacial score (nSPS) is 11.0. The average molecular weight is 309 g/mol. The molecule has 106 valence electrons. The Balaban J connectivity index is 2.26. The number of halogens is 3. The largest absolute Gasteiger partial charge is 0.478 e. The Morgan fingerprint density at radius 2 is 2.00 bits per heavy atom. The fourth-order valence-corrected chi connectivity index (χ4v) is 2.21. The zero-order valence-corrected chi connectivity index (χ0v) is 11.1. The van der Waals surface area contributed by atoms with Gasteiger partial charge in [-0.25, -0.2) is 18.6 Å². The molecule has 3 rings (SSSR count). The first-order valence-electron chi connectivity index (χ1n) is 5.83. The van der Waals surface area contributed by atoms with Crippen LogP contribution in [0.15, 0.2) is 30.3 Å². The van der Waals surface area contributed by atoms with Gasteiger partial charge in [0, 0.05) is 5.02 Å². The second-order valence-electron chi connectivity index (χ2n) is 4.36. The molecular weight excluding hydrogens is 302 g/mol. The van der Waals surface area contributed by atoms with Gasteiger partial charge in [-0.15, -0.1) is 0 Å². The lowest BCUT2D eigenvalue weighted by Crippen LogP contribution is -1.98. The van der Waals surface area contributed by atoms with Crippen molar-refractivity contribution in [3.63, 3.8) is 0 Å². The van der Waals surface area contributed by atoms with Crippen molar-refractivity contribution in [3.05, 3.63) is 52.6 Å². The van der Waals surface area contributed by atoms with Crippen molar-refractivity contribution in [1.82, 2.24) is 9.97 Å². The van der Waals surface area contributed by atoms with Gasteiger partial charge in [-0.05, 0) is 30.3 Å². The Bertz CT molecular complexity index is 877. The Kier molecular flexibility index (Phi) is 3.10. The highest BCUT2D eigenvalue weighted by atomic mass is 35.5. The van der Waals surface area contributed by atoms with Crippen LogP contribution in [0.3, 0.4) is 0 Å². The number of benzene rings is 2. The summed E-state index contributed by atoms with van der Waals surface area (Å²) in [7, 11) is 0. The van der Waals surface area contributed by atoms with E-state index in [1.54, 1.807) is 0 Å². The topological polar surface area (TPSA) is 66.0 Å². The molecule has 0 spiro atoms. The maximum atomic E-state index is 13.9. The third-order valence-electron chi connectivity index (χ3n) is 2.97. The number of carboxylic acids is 1. The summed E-state index contributed by atoms with van der Waals surface area (Å²) in [4.78, 5) is 17.9. The molecule has 0 saturated heterocycles. The van der Waals surface area contributed by atoms with Gasteiger partial charge in [-0.1, -0.05) is 11.6 Å². The highest BCUT2D eigenvalue weighted by Gasteiger charge is 2.17. The van der Waals surface area contributed by atoms with Crippen LogP contribution >= 0.6 is 11.6 Å². The van der Waals surface area contributed by atoms with E-state index in [0.29, 0.717) is 0 Å². The van der Waals surface area contributed by atoms with E-state index in [1.165, 1.54) is 12.1 Å². The molecule has 2 aromatic carbocycles. The third kappa shape index (κ3) is 2.34. The standard InChI is InChI=1S/C14H7ClF2N2O2/c15-6-1-2-8(10(17)3-6)13-18-11-5-7(16)4-9(14(20)21)12(11)19-13/h1-5H,(H,18,19)(H,20,21). The van der Waals surface area contributed by atoms with Crippen molar-refractivity contribution in [2.24, 2.45) is 0 Å². The molecule has 0 atom stereocenters. The molecule has 7 heteroatoms. The Labute approximate surface area is 122 Å². The highest BCUT2D eigenvalue weighted by Crippen LogP contribution is 2.27. The first-order valence-corrected chi connectivity index (χ1v) is 6.21. The fourth-order valence-electron chi connectivity index (χ4n) is 2.05. The number of aromatic carboxylic acids is 1. The number of rotatable bonds is 2. The van der Waals surface area contributed by atoms with Gasteiger partial charge < -0.3 is 10.1 Å². The summed E-state index contributed by atoms with van der Waals surface area (Å²) in [6, 6.07) is 5.97. The van der Waals surface area contributed by atoms with Crippen molar-refractivity contribution in [2.75, 3.05) is 0 Å². The summed E-state index contributed by atoms with van der Waals surface area (Å²) in [5.41, 5.74) is 0.0687. The van der Waals surface area contributed by atoms with E-state index in [9.17, 15) is 13.6 Å². The van der Waals surface area contributed by atoms with E-state index in [-0.39, 0.29) is 33.0 Å². The maximum Gasteiger partial charge on any atom is 0.338 e. The van der Waals surface area contributed by atoms with Crippen LogP contribution in [-0.2, 0) is 0 Å². The average Bonchev–Trinajstić information content (AvgIpc) is 2.80. The molecular formula is C14H7ClF2N2O2. The summed E-state index contributed by atoms with van der Waals surface area (Å²) in [6.45, 7) is 0. The third-order valence-corrected chi connectivity index (χ3v) is 3.20. The van der Waals surface area contributed by atoms with Gasteiger partial charge in [0.2, 0.25) is 0 Å². The summed E-state index contributed by atoms with van der Waals surface area (Å²) in [6.07, 6.45) is 0. The van der Waals surface area contributed by atoms with Crippen LogP contribution in [0.4, 0.5) is 8.78 Å². The highest BCUT2D eigenvalue weighted by molar-refractivity contribution is 6.30. The second-order valence-corrected chi connectivity index (χ2v) is 4.80. The molecule has 0 radical (unpaired) electrons. The van der Waals surface area contributed by atoms with E-state index in [4.69, 9.17) is 16.7 Å². The van der Waals surface area contributed by atoms with E-state index in [2.05, 4.69) is 9.97 Å². The predicted octanol–water partition coefficient (Wildman–Crippen LogP) is 3.86. The van der Waals surface area contributed by atoms with Gasteiger partial charge >= 0.3 is 5.97 Å². The Morgan fingerprint density at radius 3 is 2.67 bits per heavy atom.